The third kappa shape index (κ3) is 6.17. The predicted octanol–water partition coefficient (Wildman–Crippen LogP) is 1.79. The first-order chi connectivity index (χ1) is 12.2. The van der Waals surface area contributed by atoms with Crippen LogP contribution in [0.2, 0.25) is 0 Å². The molecule has 0 saturated carbocycles. The molecule has 0 spiro atoms. The minimum Gasteiger partial charge on any atom is -0.482 e. The van der Waals surface area contributed by atoms with E-state index in [1.54, 1.807) is 0 Å². The van der Waals surface area contributed by atoms with Crippen LogP contribution in [0.3, 0.4) is 0 Å². The van der Waals surface area contributed by atoms with Crippen LogP contribution in [-0.2, 0) is 24.2 Å². The lowest BCUT2D eigenvalue weighted by atomic mass is 10.3. The smallest absolute Gasteiger partial charge is 0.344 e. The summed E-state index contributed by atoms with van der Waals surface area (Å²) in [6.45, 7) is -1.00. The molecule has 26 heavy (non-hydrogen) atoms. The zero-order chi connectivity index (χ0) is 19.2. The number of hydrogen-bond acceptors (Lipinski definition) is 6. The fourth-order valence-corrected chi connectivity index (χ4v) is 2.53. The first-order valence-corrected chi connectivity index (χ1v) is 9.27. The van der Waals surface area contributed by atoms with E-state index < -0.39 is 40.7 Å². The van der Waals surface area contributed by atoms with Crippen LogP contribution in [0.4, 0.5) is 10.1 Å². The third-order valence-corrected chi connectivity index (χ3v) is 4.19. The van der Waals surface area contributed by atoms with Crippen LogP contribution in [0.25, 0.3) is 0 Å². The molecule has 0 atom stereocenters. The van der Waals surface area contributed by atoms with Gasteiger partial charge in [0.2, 0.25) is 0 Å². The van der Waals surface area contributed by atoms with Gasteiger partial charge in [0.1, 0.15) is 11.6 Å². The fourth-order valence-electron chi connectivity index (χ4n) is 1.86. The Morgan fingerprint density at radius 3 is 2.42 bits per heavy atom. The Hall–Kier alpha value is -2.94. The van der Waals surface area contributed by atoms with Crippen molar-refractivity contribution in [3.8, 4) is 5.75 Å². The van der Waals surface area contributed by atoms with Gasteiger partial charge in [0, 0.05) is 11.9 Å². The molecule has 0 aliphatic carbocycles. The third-order valence-electron chi connectivity index (χ3n) is 3.08. The zero-order valence-electron chi connectivity index (χ0n) is 13.8. The molecular weight excluding hydrogens is 365 g/mol. The molecule has 0 fully saturated rings. The Labute approximate surface area is 149 Å². The molecule has 0 aliphatic heterocycles. The lowest BCUT2D eigenvalue weighted by Crippen LogP contribution is -2.23. The number of anilines is 1. The lowest BCUT2D eigenvalue weighted by molar-refractivity contribution is -0.149. The highest BCUT2D eigenvalue weighted by molar-refractivity contribution is 7.90. The molecule has 7 nitrogen and oxygen atoms in total. The molecule has 0 unspecified atom stereocenters. The first-order valence-electron chi connectivity index (χ1n) is 7.38. The SMILES string of the molecule is CS(=O)(=O)c1cccc(NC(=O)COC(=O)COc2ccc(F)cc2)c1. The van der Waals surface area contributed by atoms with Gasteiger partial charge in [-0.05, 0) is 42.5 Å². The molecule has 0 aromatic heterocycles. The second kappa shape index (κ2) is 8.43. The number of sulfone groups is 1. The van der Waals surface area contributed by atoms with Crippen LogP contribution in [-0.4, -0.2) is 39.8 Å². The molecule has 9 heteroatoms. The van der Waals surface area contributed by atoms with Crippen molar-refractivity contribution < 1.29 is 31.9 Å². The summed E-state index contributed by atoms with van der Waals surface area (Å²) < 4.78 is 45.5. The van der Waals surface area contributed by atoms with E-state index in [0.717, 1.165) is 6.26 Å². The van der Waals surface area contributed by atoms with Crippen LogP contribution in [0.5, 0.6) is 5.75 Å². The minimum absolute atomic E-state index is 0.0555. The summed E-state index contributed by atoms with van der Waals surface area (Å²) in [5, 5.41) is 2.43. The van der Waals surface area contributed by atoms with Crippen LogP contribution in [0.1, 0.15) is 0 Å². The second-order valence-corrected chi connectivity index (χ2v) is 7.27. The molecule has 2 rings (SSSR count). The normalized spacial score (nSPS) is 10.8. The van der Waals surface area contributed by atoms with Crippen LogP contribution >= 0.6 is 0 Å². The Morgan fingerprint density at radius 1 is 1.08 bits per heavy atom. The van der Waals surface area contributed by atoms with E-state index in [2.05, 4.69) is 5.32 Å². The van der Waals surface area contributed by atoms with Crippen molar-refractivity contribution in [2.75, 3.05) is 24.8 Å². The van der Waals surface area contributed by atoms with Gasteiger partial charge in [0.05, 0.1) is 4.90 Å². The largest absolute Gasteiger partial charge is 0.482 e. The van der Waals surface area contributed by atoms with Gasteiger partial charge in [0.15, 0.2) is 23.1 Å². The molecule has 2 aromatic carbocycles. The minimum atomic E-state index is -3.40. The summed E-state index contributed by atoms with van der Waals surface area (Å²) in [4.78, 5) is 23.4. The molecule has 138 valence electrons. The number of esters is 1. The Balaban J connectivity index is 1.79. The quantitative estimate of drug-likeness (QED) is 0.734. The average Bonchev–Trinajstić information content (AvgIpc) is 2.59. The number of ether oxygens (including phenoxy) is 2. The van der Waals surface area contributed by atoms with Crippen LogP contribution in [0.15, 0.2) is 53.4 Å². The number of hydrogen-bond donors (Lipinski definition) is 1. The van der Waals surface area contributed by atoms with Gasteiger partial charge in [0.25, 0.3) is 5.91 Å². The topological polar surface area (TPSA) is 98.8 Å². The molecule has 0 radical (unpaired) electrons. The second-order valence-electron chi connectivity index (χ2n) is 5.25. The Morgan fingerprint density at radius 2 is 1.77 bits per heavy atom. The number of carbonyl (C=O) groups is 2. The zero-order valence-corrected chi connectivity index (χ0v) is 14.6. The molecule has 0 heterocycles. The van der Waals surface area contributed by atoms with Crippen LogP contribution in [0, 0.1) is 5.82 Å². The number of halogens is 1. The van der Waals surface area contributed by atoms with E-state index in [9.17, 15) is 22.4 Å². The summed E-state index contributed by atoms with van der Waals surface area (Å²) >= 11 is 0. The van der Waals surface area contributed by atoms with Gasteiger partial charge in [-0.2, -0.15) is 0 Å². The number of nitrogens with one attached hydrogen (secondary N) is 1. The van der Waals surface area contributed by atoms with E-state index in [1.165, 1.54) is 48.5 Å². The standard InChI is InChI=1S/C17H16FNO6S/c1-26(22,23)15-4-2-3-13(9-15)19-16(20)10-25-17(21)11-24-14-7-5-12(18)6-8-14/h2-9H,10-11H2,1H3,(H,19,20). The fraction of sp³-hybridized carbons (Fsp3) is 0.176. The highest BCUT2D eigenvalue weighted by atomic mass is 32.2. The lowest BCUT2D eigenvalue weighted by Gasteiger charge is -2.08. The van der Waals surface area contributed by atoms with E-state index in [-0.39, 0.29) is 16.3 Å². The highest BCUT2D eigenvalue weighted by Gasteiger charge is 2.11. The van der Waals surface area contributed by atoms with Crippen molar-refractivity contribution in [3.63, 3.8) is 0 Å². The van der Waals surface area contributed by atoms with Crippen molar-refractivity contribution in [2.45, 2.75) is 4.90 Å². The van der Waals surface area contributed by atoms with Crippen molar-refractivity contribution in [3.05, 3.63) is 54.3 Å². The summed E-state index contributed by atoms with van der Waals surface area (Å²) in [5.74, 6) is -1.57. The first kappa shape index (κ1) is 19.4. The molecular formula is C17H16FNO6S. The molecule has 0 aliphatic rings. The van der Waals surface area contributed by atoms with Gasteiger partial charge in [-0.1, -0.05) is 6.07 Å². The van der Waals surface area contributed by atoms with Crippen molar-refractivity contribution >= 4 is 27.4 Å². The van der Waals surface area contributed by atoms with Crippen molar-refractivity contribution in [2.24, 2.45) is 0 Å². The Bertz CT molecular complexity index is 896. The predicted molar refractivity (Wildman–Crippen MR) is 91.0 cm³/mol. The molecule has 0 saturated heterocycles. The molecule has 1 amide bonds. The monoisotopic (exact) mass is 381 g/mol. The number of rotatable bonds is 7. The van der Waals surface area contributed by atoms with E-state index in [1.807, 2.05) is 0 Å². The maximum atomic E-state index is 12.7. The maximum Gasteiger partial charge on any atom is 0.344 e. The van der Waals surface area contributed by atoms with Gasteiger partial charge in [-0.25, -0.2) is 17.6 Å². The number of carbonyl (C=O) groups excluding carboxylic acids is 2. The Kier molecular flexibility index (Phi) is 6.29. The summed E-state index contributed by atoms with van der Waals surface area (Å²) in [5.41, 5.74) is 0.261. The van der Waals surface area contributed by atoms with Gasteiger partial charge < -0.3 is 14.8 Å². The van der Waals surface area contributed by atoms with E-state index >= 15 is 0 Å². The van der Waals surface area contributed by atoms with Gasteiger partial charge in [-0.3, -0.25) is 4.79 Å². The molecule has 2 aromatic rings. The average molecular weight is 381 g/mol. The highest BCUT2D eigenvalue weighted by Crippen LogP contribution is 2.15. The van der Waals surface area contributed by atoms with E-state index in [0.29, 0.717) is 0 Å². The summed E-state index contributed by atoms with van der Waals surface area (Å²) in [6, 6.07) is 10.7. The summed E-state index contributed by atoms with van der Waals surface area (Å²) in [6.07, 6.45) is 1.05. The van der Waals surface area contributed by atoms with Gasteiger partial charge in [-0.15, -0.1) is 0 Å². The number of amides is 1. The molecule has 1 N–H and O–H groups in total. The van der Waals surface area contributed by atoms with Crippen molar-refractivity contribution in [1.29, 1.82) is 0 Å². The van der Waals surface area contributed by atoms with E-state index in [4.69, 9.17) is 9.47 Å². The summed E-state index contributed by atoms with van der Waals surface area (Å²) in [7, 11) is -3.40. The number of benzene rings is 2. The molecule has 0 bridgehead atoms. The maximum absolute atomic E-state index is 12.7. The van der Waals surface area contributed by atoms with Crippen molar-refractivity contribution in [1.82, 2.24) is 0 Å². The van der Waals surface area contributed by atoms with Crippen LogP contribution < -0.4 is 10.1 Å². The van der Waals surface area contributed by atoms with Gasteiger partial charge >= 0.3 is 5.97 Å².